The van der Waals surface area contributed by atoms with Gasteiger partial charge in [-0.2, -0.15) is 0 Å². The quantitative estimate of drug-likeness (QED) is 0.362. The van der Waals surface area contributed by atoms with Gasteiger partial charge < -0.3 is 17.4 Å². The van der Waals surface area contributed by atoms with Crippen molar-refractivity contribution in [2.75, 3.05) is 0 Å². The SMILES string of the molecule is NC(CC(=O)O)C(=O)O.[H-].[Na+]. The molecule has 0 heterocycles. The minimum absolute atomic E-state index is 0. The zero-order valence-electron chi connectivity index (χ0n) is 6.57. The molecule has 54 valence electrons. The first kappa shape index (κ1) is 12.6. The molecule has 0 aliphatic rings. The van der Waals surface area contributed by atoms with Crippen molar-refractivity contribution in [2.45, 2.75) is 12.5 Å². The van der Waals surface area contributed by atoms with Crippen LogP contribution < -0.4 is 35.3 Å². The summed E-state index contributed by atoms with van der Waals surface area (Å²) in [4.78, 5) is 19.6. The van der Waals surface area contributed by atoms with Gasteiger partial charge in [-0.05, 0) is 0 Å². The van der Waals surface area contributed by atoms with E-state index in [0.29, 0.717) is 0 Å². The van der Waals surface area contributed by atoms with Crippen LogP contribution in [0.5, 0.6) is 0 Å². The van der Waals surface area contributed by atoms with E-state index in [1.54, 1.807) is 0 Å². The predicted molar refractivity (Wildman–Crippen MR) is 29.0 cm³/mol. The maximum Gasteiger partial charge on any atom is 1.00 e. The first-order chi connectivity index (χ1) is 4.04. The van der Waals surface area contributed by atoms with Gasteiger partial charge in [0.25, 0.3) is 0 Å². The average Bonchev–Trinajstić information content (AvgIpc) is 1.63. The molecule has 10 heavy (non-hydrogen) atoms. The van der Waals surface area contributed by atoms with E-state index in [9.17, 15) is 9.59 Å². The minimum Gasteiger partial charge on any atom is -1.00 e. The van der Waals surface area contributed by atoms with Crippen LogP contribution in [0.3, 0.4) is 0 Å². The molecule has 0 fully saturated rings. The van der Waals surface area contributed by atoms with E-state index in [4.69, 9.17) is 15.9 Å². The third-order valence-corrected chi connectivity index (χ3v) is 0.712. The summed E-state index contributed by atoms with van der Waals surface area (Å²) in [7, 11) is 0. The summed E-state index contributed by atoms with van der Waals surface area (Å²) in [6.45, 7) is 0. The van der Waals surface area contributed by atoms with E-state index < -0.39 is 24.4 Å². The van der Waals surface area contributed by atoms with Gasteiger partial charge in [-0.3, -0.25) is 9.59 Å². The number of carbonyl (C=O) groups is 2. The van der Waals surface area contributed by atoms with E-state index >= 15 is 0 Å². The Morgan fingerprint density at radius 2 is 1.90 bits per heavy atom. The maximum absolute atomic E-state index is 9.85. The standard InChI is InChI=1S/C4H7NO4.Na.H/c5-2(4(8)9)1-3(6)7;;/h2H,1,5H2,(H,6,7)(H,8,9);;/q;+1;-1. The molecular weight excluding hydrogens is 149 g/mol. The molecule has 0 saturated heterocycles. The minimum atomic E-state index is -1.29. The Labute approximate surface area is 81.0 Å². The zero-order valence-corrected chi connectivity index (χ0v) is 7.57. The van der Waals surface area contributed by atoms with E-state index in [0.717, 1.165) is 0 Å². The summed E-state index contributed by atoms with van der Waals surface area (Å²) in [6.07, 6.45) is -0.532. The number of rotatable bonds is 3. The molecule has 0 aliphatic heterocycles. The predicted octanol–water partition coefficient (Wildman–Crippen LogP) is -4.01. The summed E-state index contributed by atoms with van der Waals surface area (Å²) in [5.74, 6) is -2.50. The van der Waals surface area contributed by atoms with Crippen molar-refractivity contribution in [3.63, 3.8) is 0 Å². The van der Waals surface area contributed by atoms with Gasteiger partial charge in [0, 0.05) is 0 Å². The van der Waals surface area contributed by atoms with Crippen LogP contribution in [0, 0.1) is 0 Å². The van der Waals surface area contributed by atoms with Gasteiger partial charge in [-0.15, -0.1) is 0 Å². The molecule has 0 amide bonds. The number of aliphatic carboxylic acids is 2. The van der Waals surface area contributed by atoms with E-state index in [1.165, 1.54) is 0 Å². The molecule has 0 saturated carbocycles. The van der Waals surface area contributed by atoms with Crippen LogP contribution in [0.2, 0.25) is 0 Å². The van der Waals surface area contributed by atoms with Gasteiger partial charge in [-0.25, -0.2) is 0 Å². The molecule has 1 atom stereocenters. The molecule has 6 heteroatoms. The van der Waals surface area contributed by atoms with Crippen molar-refractivity contribution in [2.24, 2.45) is 5.73 Å². The fraction of sp³-hybridized carbons (Fsp3) is 0.500. The number of hydrogen-bond donors (Lipinski definition) is 3. The van der Waals surface area contributed by atoms with Crippen LogP contribution in [-0.2, 0) is 9.59 Å². The first-order valence-corrected chi connectivity index (χ1v) is 2.24. The Morgan fingerprint density at radius 3 is 2.00 bits per heavy atom. The monoisotopic (exact) mass is 157 g/mol. The largest absolute Gasteiger partial charge is 1.00 e. The molecule has 0 aromatic heterocycles. The van der Waals surface area contributed by atoms with Crippen LogP contribution >= 0.6 is 0 Å². The van der Waals surface area contributed by atoms with Gasteiger partial charge in [-0.1, -0.05) is 0 Å². The molecule has 0 radical (unpaired) electrons. The normalized spacial score (nSPS) is 11.3. The van der Waals surface area contributed by atoms with E-state index in [1.807, 2.05) is 0 Å². The molecule has 0 aromatic carbocycles. The zero-order chi connectivity index (χ0) is 7.44. The third-order valence-electron chi connectivity index (χ3n) is 0.712. The van der Waals surface area contributed by atoms with Crippen molar-refractivity contribution in [3.05, 3.63) is 0 Å². The first-order valence-electron chi connectivity index (χ1n) is 2.24. The second kappa shape index (κ2) is 5.67. The van der Waals surface area contributed by atoms with Crippen molar-refractivity contribution in [1.82, 2.24) is 0 Å². The second-order valence-electron chi connectivity index (χ2n) is 1.54. The second-order valence-corrected chi connectivity index (χ2v) is 1.54. The number of hydrogen-bond acceptors (Lipinski definition) is 3. The van der Waals surface area contributed by atoms with Crippen molar-refractivity contribution in [1.29, 1.82) is 0 Å². The maximum atomic E-state index is 9.85. The molecule has 0 aromatic rings. The smallest absolute Gasteiger partial charge is 1.00 e. The average molecular weight is 157 g/mol. The molecule has 0 aliphatic carbocycles. The molecule has 4 N–H and O–H groups in total. The van der Waals surface area contributed by atoms with E-state index in [-0.39, 0.29) is 31.0 Å². The topological polar surface area (TPSA) is 101 Å². The van der Waals surface area contributed by atoms with E-state index in [2.05, 4.69) is 0 Å². The summed E-state index contributed by atoms with van der Waals surface area (Å²) in [6, 6.07) is -1.29. The van der Waals surface area contributed by atoms with Gasteiger partial charge in [0.05, 0.1) is 6.42 Å². The summed E-state index contributed by atoms with van der Waals surface area (Å²) < 4.78 is 0. The van der Waals surface area contributed by atoms with Gasteiger partial charge in [0.1, 0.15) is 6.04 Å². The van der Waals surface area contributed by atoms with Gasteiger partial charge in [0.2, 0.25) is 0 Å². The van der Waals surface area contributed by atoms with Crippen molar-refractivity contribution >= 4 is 11.9 Å². The van der Waals surface area contributed by atoms with Crippen LogP contribution in [-0.4, -0.2) is 28.2 Å². The van der Waals surface area contributed by atoms with Gasteiger partial charge in [0.15, 0.2) is 0 Å². The van der Waals surface area contributed by atoms with Crippen LogP contribution in [0.4, 0.5) is 0 Å². The van der Waals surface area contributed by atoms with Crippen molar-refractivity contribution in [3.8, 4) is 0 Å². The van der Waals surface area contributed by atoms with Crippen LogP contribution in [0.25, 0.3) is 0 Å². The molecule has 0 rings (SSSR count). The Balaban J connectivity index is -0.000000320. The fourth-order valence-corrected chi connectivity index (χ4v) is 0.275. The summed E-state index contributed by atoms with van der Waals surface area (Å²) in [5.41, 5.74) is 4.84. The van der Waals surface area contributed by atoms with Crippen LogP contribution in [0.15, 0.2) is 0 Å². The number of carboxylic acids is 2. The summed E-state index contributed by atoms with van der Waals surface area (Å²) >= 11 is 0. The Morgan fingerprint density at radius 1 is 1.50 bits per heavy atom. The summed E-state index contributed by atoms with van der Waals surface area (Å²) in [5, 5.41) is 16.0. The molecule has 0 spiro atoms. The molecular formula is C4H8NNaO4. The van der Waals surface area contributed by atoms with Crippen LogP contribution in [0.1, 0.15) is 7.85 Å². The van der Waals surface area contributed by atoms with Gasteiger partial charge >= 0.3 is 41.5 Å². The fourth-order valence-electron chi connectivity index (χ4n) is 0.275. The molecule has 5 nitrogen and oxygen atoms in total. The van der Waals surface area contributed by atoms with Crippen molar-refractivity contribution < 1.29 is 50.8 Å². The number of nitrogens with two attached hydrogens (primary N) is 1. The Hall–Kier alpha value is -0.100. The Kier molecular flexibility index (Phi) is 7.12. The Bertz CT molecular complexity index is 142. The molecule has 0 bridgehead atoms. The third kappa shape index (κ3) is 6.03. The number of carboxylic acid groups (broad SMARTS) is 2. The molecule has 1 unspecified atom stereocenters.